The second-order valence-corrected chi connectivity index (χ2v) is 5.89. The minimum atomic E-state index is -0.341. The van der Waals surface area contributed by atoms with Crippen molar-refractivity contribution in [1.82, 2.24) is 0 Å². The molecule has 1 aliphatic rings. The van der Waals surface area contributed by atoms with Crippen molar-refractivity contribution in [2.45, 2.75) is 32.6 Å². The van der Waals surface area contributed by atoms with Gasteiger partial charge in [-0.2, -0.15) is 0 Å². The number of nitrogens with zero attached hydrogens (tertiary/aromatic N) is 1. The number of halogens is 1. The Morgan fingerprint density at radius 2 is 2.22 bits per heavy atom. The van der Waals surface area contributed by atoms with Crippen molar-refractivity contribution < 1.29 is 4.92 Å². The van der Waals surface area contributed by atoms with E-state index in [-0.39, 0.29) is 10.6 Å². The van der Waals surface area contributed by atoms with Crippen molar-refractivity contribution in [2.24, 2.45) is 5.41 Å². The normalized spacial score (nSPS) is 17.0. The van der Waals surface area contributed by atoms with Crippen molar-refractivity contribution in [3.05, 3.63) is 32.8 Å². The average Bonchev–Trinajstić information content (AvgIpc) is 2.29. The molecule has 1 N–H and O–H groups in total. The van der Waals surface area contributed by atoms with Crippen LogP contribution >= 0.6 is 15.9 Å². The maximum atomic E-state index is 11.0. The molecule has 1 fully saturated rings. The van der Waals surface area contributed by atoms with Crippen LogP contribution in [0.3, 0.4) is 0 Å². The zero-order valence-electron chi connectivity index (χ0n) is 10.4. The summed E-state index contributed by atoms with van der Waals surface area (Å²) in [5, 5.41) is 14.2. The van der Waals surface area contributed by atoms with Gasteiger partial charge >= 0.3 is 0 Å². The minimum Gasteiger partial charge on any atom is -0.379 e. The molecule has 0 spiro atoms. The lowest BCUT2D eigenvalue weighted by Gasteiger charge is -2.41. The van der Waals surface area contributed by atoms with E-state index in [4.69, 9.17) is 0 Å². The summed E-state index contributed by atoms with van der Waals surface area (Å²) in [7, 11) is 0. The topological polar surface area (TPSA) is 55.2 Å². The van der Waals surface area contributed by atoms with E-state index in [2.05, 4.69) is 28.2 Å². The fourth-order valence-corrected chi connectivity index (χ4v) is 2.77. The molecular weight excluding hydrogens is 296 g/mol. The highest BCUT2D eigenvalue weighted by Crippen LogP contribution is 2.44. The number of hydrogen-bond acceptors (Lipinski definition) is 3. The van der Waals surface area contributed by atoms with E-state index in [1.54, 1.807) is 12.1 Å². The number of nitrogens with one attached hydrogen (secondary N) is 1. The Bertz CT molecular complexity index is 453. The Balaban J connectivity index is 2.11. The minimum absolute atomic E-state index is 0.134. The lowest BCUT2D eigenvalue weighted by atomic mass is 9.67. The van der Waals surface area contributed by atoms with E-state index in [1.165, 1.54) is 19.3 Å². The van der Waals surface area contributed by atoms with Crippen LogP contribution in [0.2, 0.25) is 0 Å². The van der Waals surface area contributed by atoms with E-state index in [9.17, 15) is 10.1 Å². The van der Waals surface area contributed by atoms with Gasteiger partial charge in [0, 0.05) is 17.1 Å². The zero-order chi connectivity index (χ0) is 13.2. The molecule has 1 saturated carbocycles. The Morgan fingerprint density at radius 3 is 2.72 bits per heavy atom. The van der Waals surface area contributed by atoms with Crippen LogP contribution in [-0.2, 0) is 0 Å². The molecular formula is C13H17BrN2O2. The highest BCUT2D eigenvalue weighted by molar-refractivity contribution is 9.10. The Kier molecular flexibility index (Phi) is 3.90. The second-order valence-electron chi connectivity index (χ2n) is 4.98. The standard InChI is InChI=1S/C13H17BrN2O2/c1-2-13(6-3-7-13)9-15-11-5-4-10(14)8-12(11)16(17)18/h4-5,8,15H,2-3,6-7,9H2,1H3. The molecule has 0 heterocycles. The van der Waals surface area contributed by atoms with Crippen molar-refractivity contribution in [3.8, 4) is 0 Å². The van der Waals surface area contributed by atoms with Gasteiger partial charge in [0.25, 0.3) is 5.69 Å². The summed E-state index contributed by atoms with van der Waals surface area (Å²) >= 11 is 3.26. The van der Waals surface area contributed by atoms with Crippen LogP contribution in [0.1, 0.15) is 32.6 Å². The van der Waals surface area contributed by atoms with Gasteiger partial charge in [0.1, 0.15) is 5.69 Å². The summed E-state index contributed by atoms with van der Waals surface area (Å²) in [5.41, 5.74) is 1.10. The summed E-state index contributed by atoms with van der Waals surface area (Å²) in [6.45, 7) is 3.02. The quantitative estimate of drug-likeness (QED) is 0.649. The van der Waals surface area contributed by atoms with Gasteiger partial charge in [-0.15, -0.1) is 0 Å². The number of nitro benzene ring substituents is 1. The summed E-state index contributed by atoms with van der Waals surface area (Å²) < 4.78 is 0.730. The van der Waals surface area contributed by atoms with Crippen molar-refractivity contribution >= 4 is 27.3 Å². The molecule has 0 amide bonds. The van der Waals surface area contributed by atoms with Crippen LogP contribution < -0.4 is 5.32 Å². The van der Waals surface area contributed by atoms with Gasteiger partial charge in [-0.05, 0) is 36.8 Å². The number of anilines is 1. The van der Waals surface area contributed by atoms with E-state index in [1.807, 2.05) is 6.07 Å². The SMILES string of the molecule is CCC1(CNc2ccc(Br)cc2[N+](=O)[O-])CCC1. The van der Waals surface area contributed by atoms with Crippen LogP contribution in [0, 0.1) is 15.5 Å². The third-order valence-corrected chi connectivity index (χ3v) is 4.47. The third-order valence-electron chi connectivity index (χ3n) is 3.97. The van der Waals surface area contributed by atoms with E-state index in [0.717, 1.165) is 17.4 Å². The van der Waals surface area contributed by atoms with E-state index in [0.29, 0.717) is 11.1 Å². The molecule has 18 heavy (non-hydrogen) atoms. The predicted octanol–water partition coefficient (Wildman–Crippen LogP) is 4.35. The highest BCUT2D eigenvalue weighted by Gasteiger charge is 2.35. The molecule has 1 aliphatic carbocycles. The molecule has 0 unspecified atom stereocenters. The predicted molar refractivity (Wildman–Crippen MR) is 75.9 cm³/mol. The average molecular weight is 313 g/mol. The van der Waals surface area contributed by atoms with Crippen LogP contribution in [0.5, 0.6) is 0 Å². The first-order chi connectivity index (χ1) is 8.56. The van der Waals surface area contributed by atoms with Crippen LogP contribution in [0.4, 0.5) is 11.4 Å². The van der Waals surface area contributed by atoms with E-state index < -0.39 is 0 Å². The molecule has 0 aromatic heterocycles. The first kappa shape index (κ1) is 13.3. The number of rotatable bonds is 5. The fourth-order valence-electron chi connectivity index (χ4n) is 2.42. The number of benzene rings is 1. The third kappa shape index (κ3) is 2.66. The molecule has 98 valence electrons. The molecule has 5 heteroatoms. The summed E-state index contributed by atoms with van der Waals surface area (Å²) in [5.74, 6) is 0. The van der Waals surface area contributed by atoms with Gasteiger partial charge in [-0.25, -0.2) is 0 Å². The summed E-state index contributed by atoms with van der Waals surface area (Å²) in [4.78, 5) is 10.7. The first-order valence-corrected chi connectivity index (χ1v) is 7.03. The maximum Gasteiger partial charge on any atom is 0.293 e. The number of nitro groups is 1. The van der Waals surface area contributed by atoms with E-state index >= 15 is 0 Å². The van der Waals surface area contributed by atoms with Gasteiger partial charge in [0.2, 0.25) is 0 Å². The van der Waals surface area contributed by atoms with Crippen LogP contribution in [0.25, 0.3) is 0 Å². The Labute approximate surface area is 115 Å². The number of hydrogen-bond donors (Lipinski definition) is 1. The lowest BCUT2D eigenvalue weighted by Crippen LogP contribution is -2.35. The van der Waals surface area contributed by atoms with Crippen molar-refractivity contribution in [3.63, 3.8) is 0 Å². The Morgan fingerprint density at radius 1 is 1.50 bits per heavy atom. The Hall–Kier alpha value is -1.10. The molecule has 0 radical (unpaired) electrons. The highest BCUT2D eigenvalue weighted by atomic mass is 79.9. The van der Waals surface area contributed by atoms with Gasteiger partial charge in [0.15, 0.2) is 0 Å². The summed E-state index contributed by atoms with van der Waals surface area (Å²) in [6, 6.07) is 5.14. The molecule has 0 atom stereocenters. The molecule has 0 saturated heterocycles. The van der Waals surface area contributed by atoms with Crippen LogP contribution in [-0.4, -0.2) is 11.5 Å². The molecule has 1 aromatic rings. The summed E-state index contributed by atoms with van der Waals surface area (Å²) in [6.07, 6.45) is 4.85. The lowest BCUT2D eigenvalue weighted by molar-refractivity contribution is -0.384. The van der Waals surface area contributed by atoms with Crippen LogP contribution in [0.15, 0.2) is 22.7 Å². The largest absolute Gasteiger partial charge is 0.379 e. The molecule has 4 nitrogen and oxygen atoms in total. The maximum absolute atomic E-state index is 11.0. The van der Waals surface area contributed by atoms with Gasteiger partial charge in [-0.1, -0.05) is 29.3 Å². The molecule has 0 bridgehead atoms. The molecule has 2 rings (SSSR count). The molecule has 0 aliphatic heterocycles. The van der Waals surface area contributed by atoms with Crippen molar-refractivity contribution in [1.29, 1.82) is 0 Å². The first-order valence-electron chi connectivity index (χ1n) is 6.24. The van der Waals surface area contributed by atoms with Gasteiger partial charge in [-0.3, -0.25) is 10.1 Å². The monoisotopic (exact) mass is 312 g/mol. The van der Waals surface area contributed by atoms with Gasteiger partial charge < -0.3 is 5.32 Å². The smallest absolute Gasteiger partial charge is 0.293 e. The fraction of sp³-hybridized carbons (Fsp3) is 0.538. The second kappa shape index (κ2) is 5.26. The zero-order valence-corrected chi connectivity index (χ0v) is 12.0. The van der Waals surface area contributed by atoms with Gasteiger partial charge in [0.05, 0.1) is 4.92 Å². The molecule has 1 aromatic carbocycles. The van der Waals surface area contributed by atoms with Crippen molar-refractivity contribution in [2.75, 3.05) is 11.9 Å².